The first kappa shape index (κ1) is 18.9. The Labute approximate surface area is 159 Å². The van der Waals surface area contributed by atoms with E-state index in [0.717, 1.165) is 31.8 Å². The topological polar surface area (TPSA) is 50.4 Å². The van der Waals surface area contributed by atoms with E-state index >= 15 is 0 Å². The molecule has 25 heavy (non-hydrogen) atoms. The summed E-state index contributed by atoms with van der Waals surface area (Å²) in [7, 11) is 0. The maximum absolute atomic E-state index is 11.9. The molecular formula is C19H28N2O2S2. The van der Waals surface area contributed by atoms with Crippen molar-refractivity contribution in [1.82, 2.24) is 10.6 Å². The molecule has 0 saturated carbocycles. The lowest BCUT2D eigenvalue weighted by Gasteiger charge is -2.22. The van der Waals surface area contributed by atoms with Gasteiger partial charge in [-0.3, -0.25) is 4.79 Å². The molecule has 3 rings (SSSR count). The zero-order valence-electron chi connectivity index (χ0n) is 14.7. The monoisotopic (exact) mass is 380 g/mol. The van der Waals surface area contributed by atoms with Gasteiger partial charge in [0.15, 0.2) is 6.61 Å². The first-order valence-electron chi connectivity index (χ1n) is 9.24. The van der Waals surface area contributed by atoms with E-state index in [0.29, 0.717) is 10.5 Å². The average molecular weight is 381 g/mol. The van der Waals surface area contributed by atoms with Gasteiger partial charge in [-0.05, 0) is 73.9 Å². The van der Waals surface area contributed by atoms with Crippen LogP contribution in [0.1, 0.15) is 35.8 Å². The van der Waals surface area contributed by atoms with Crippen LogP contribution in [0.4, 0.5) is 0 Å². The van der Waals surface area contributed by atoms with E-state index in [1.807, 2.05) is 35.7 Å². The lowest BCUT2D eigenvalue weighted by atomic mass is 9.96. The Balaban J connectivity index is 1.34. The Hall–Kier alpha value is -0.850. The van der Waals surface area contributed by atoms with Crippen molar-refractivity contribution in [3.8, 4) is 5.75 Å². The lowest BCUT2D eigenvalue weighted by Crippen LogP contribution is -2.34. The summed E-state index contributed by atoms with van der Waals surface area (Å²) in [6, 6.07) is 8.21. The zero-order chi connectivity index (χ0) is 17.3. The van der Waals surface area contributed by atoms with Crippen molar-refractivity contribution in [1.29, 1.82) is 0 Å². The molecule has 1 aromatic rings. The second-order valence-electron chi connectivity index (χ2n) is 6.64. The van der Waals surface area contributed by atoms with Crippen molar-refractivity contribution in [3.05, 3.63) is 29.8 Å². The minimum Gasteiger partial charge on any atom is -0.484 e. The summed E-state index contributed by atoms with van der Waals surface area (Å²) >= 11 is 4.03. The van der Waals surface area contributed by atoms with Crippen molar-refractivity contribution in [2.24, 2.45) is 5.92 Å². The highest BCUT2D eigenvalue weighted by atomic mass is 32.2. The second-order valence-corrected chi connectivity index (χ2v) is 9.36. The molecular weight excluding hydrogens is 352 g/mol. The van der Waals surface area contributed by atoms with Crippen LogP contribution in [0, 0.1) is 5.92 Å². The van der Waals surface area contributed by atoms with Crippen molar-refractivity contribution >= 4 is 29.4 Å². The normalized spacial score (nSPS) is 21.7. The molecule has 1 unspecified atom stereocenters. The molecule has 0 bridgehead atoms. The number of thioether (sulfide) groups is 2. The van der Waals surface area contributed by atoms with Gasteiger partial charge < -0.3 is 15.4 Å². The number of hydrogen-bond donors (Lipinski definition) is 2. The van der Waals surface area contributed by atoms with E-state index in [1.54, 1.807) is 0 Å². The van der Waals surface area contributed by atoms with Gasteiger partial charge in [-0.15, -0.1) is 23.5 Å². The van der Waals surface area contributed by atoms with Crippen LogP contribution in [-0.4, -0.2) is 43.7 Å². The maximum atomic E-state index is 11.9. The molecule has 2 N–H and O–H groups in total. The number of hydrogen-bond acceptors (Lipinski definition) is 5. The van der Waals surface area contributed by atoms with Gasteiger partial charge in [0.25, 0.3) is 5.91 Å². The molecule has 2 heterocycles. The van der Waals surface area contributed by atoms with E-state index in [9.17, 15) is 4.79 Å². The molecule has 1 amide bonds. The van der Waals surface area contributed by atoms with E-state index in [2.05, 4.69) is 22.8 Å². The van der Waals surface area contributed by atoms with E-state index in [1.165, 1.54) is 36.3 Å². The average Bonchev–Trinajstić information content (AvgIpc) is 2.68. The van der Waals surface area contributed by atoms with Gasteiger partial charge in [-0.2, -0.15) is 0 Å². The number of piperidine rings is 1. The van der Waals surface area contributed by atoms with Crippen LogP contribution in [-0.2, 0) is 4.79 Å². The summed E-state index contributed by atoms with van der Waals surface area (Å²) in [4.78, 5) is 11.9. The predicted octanol–water partition coefficient (Wildman–Crippen LogP) is 3.44. The molecule has 4 nitrogen and oxygen atoms in total. The third kappa shape index (κ3) is 6.42. The van der Waals surface area contributed by atoms with Crippen molar-refractivity contribution in [3.63, 3.8) is 0 Å². The molecule has 2 saturated heterocycles. The van der Waals surface area contributed by atoms with Gasteiger partial charge in [0, 0.05) is 6.54 Å². The summed E-state index contributed by atoms with van der Waals surface area (Å²) in [6.07, 6.45) is 4.86. The fourth-order valence-electron chi connectivity index (χ4n) is 3.19. The van der Waals surface area contributed by atoms with Crippen LogP contribution in [0.15, 0.2) is 24.3 Å². The van der Waals surface area contributed by atoms with E-state index in [-0.39, 0.29) is 12.5 Å². The van der Waals surface area contributed by atoms with Crippen LogP contribution in [0.5, 0.6) is 5.75 Å². The molecule has 1 aromatic carbocycles. The van der Waals surface area contributed by atoms with Crippen LogP contribution in [0.3, 0.4) is 0 Å². The fraction of sp³-hybridized carbons (Fsp3) is 0.632. The van der Waals surface area contributed by atoms with Gasteiger partial charge in [0.1, 0.15) is 5.75 Å². The minimum atomic E-state index is -0.0359. The first-order valence-corrected chi connectivity index (χ1v) is 11.3. The number of benzene rings is 1. The Bertz CT molecular complexity index is 527. The largest absolute Gasteiger partial charge is 0.484 e. The number of carbonyl (C=O) groups is 1. The molecule has 0 spiro atoms. The second kappa shape index (κ2) is 10.3. The molecule has 138 valence electrons. The zero-order valence-corrected chi connectivity index (χ0v) is 16.3. The molecule has 0 radical (unpaired) electrons. The maximum Gasteiger partial charge on any atom is 0.257 e. The number of ether oxygens (including phenoxy) is 1. The third-order valence-electron chi connectivity index (χ3n) is 4.62. The summed E-state index contributed by atoms with van der Waals surface area (Å²) in [5, 5.41) is 6.37. The predicted molar refractivity (Wildman–Crippen MR) is 107 cm³/mol. The van der Waals surface area contributed by atoms with Gasteiger partial charge in [0.05, 0.1) is 4.58 Å². The highest BCUT2D eigenvalue weighted by Gasteiger charge is 2.16. The van der Waals surface area contributed by atoms with E-state index in [4.69, 9.17) is 4.74 Å². The van der Waals surface area contributed by atoms with Crippen LogP contribution >= 0.6 is 23.5 Å². The van der Waals surface area contributed by atoms with Gasteiger partial charge >= 0.3 is 0 Å². The van der Waals surface area contributed by atoms with E-state index < -0.39 is 0 Å². The number of carbonyl (C=O) groups excluding carboxylic acids is 1. The standard InChI is InChI=1S/C19H28N2O2S2/c22-18(21-10-8-15-3-1-9-20-13-15)14-23-17-6-4-16(5-7-17)19-24-11-2-12-25-19/h4-7,15,19-20H,1-3,8-14H2,(H,21,22). The molecule has 2 fully saturated rings. The Kier molecular flexibility index (Phi) is 7.82. The van der Waals surface area contributed by atoms with Gasteiger partial charge in [0.2, 0.25) is 0 Å². The molecule has 2 aliphatic rings. The highest BCUT2D eigenvalue weighted by Crippen LogP contribution is 2.43. The lowest BCUT2D eigenvalue weighted by molar-refractivity contribution is -0.123. The molecule has 1 atom stereocenters. The highest BCUT2D eigenvalue weighted by molar-refractivity contribution is 8.16. The SMILES string of the molecule is O=C(COc1ccc(C2SCCCS2)cc1)NCCC1CCCNC1. The van der Waals surface area contributed by atoms with Gasteiger partial charge in [-0.1, -0.05) is 12.1 Å². The Morgan fingerprint density at radius 2 is 2.00 bits per heavy atom. The fourth-order valence-corrected chi connectivity index (χ4v) is 6.08. The van der Waals surface area contributed by atoms with Gasteiger partial charge in [-0.25, -0.2) is 0 Å². The first-order chi connectivity index (χ1) is 12.3. The van der Waals surface area contributed by atoms with Crippen LogP contribution in [0.25, 0.3) is 0 Å². The third-order valence-corrected chi connectivity index (χ3v) is 7.64. The van der Waals surface area contributed by atoms with Crippen molar-refractivity contribution in [2.75, 3.05) is 37.7 Å². The minimum absolute atomic E-state index is 0.0359. The summed E-state index contributed by atoms with van der Waals surface area (Å²) in [5.41, 5.74) is 1.34. The molecule has 0 aliphatic carbocycles. The number of rotatable bonds is 7. The van der Waals surface area contributed by atoms with Crippen LogP contribution in [0.2, 0.25) is 0 Å². The van der Waals surface area contributed by atoms with Crippen molar-refractivity contribution < 1.29 is 9.53 Å². The number of amides is 1. The summed E-state index contributed by atoms with van der Waals surface area (Å²) in [5.74, 6) is 3.91. The number of nitrogens with one attached hydrogen (secondary N) is 2. The smallest absolute Gasteiger partial charge is 0.257 e. The Morgan fingerprint density at radius 1 is 1.20 bits per heavy atom. The van der Waals surface area contributed by atoms with Crippen molar-refractivity contribution in [2.45, 2.75) is 30.3 Å². The molecule has 2 aliphatic heterocycles. The summed E-state index contributed by atoms with van der Waals surface area (Å²) < 4.78 is 6.16. The Morgan fingerprint density at radius 3 is 2.72 bits per heavy atom. The molecule has 6 heteroatoms. The quantitative estimate of drug-likeness (QED) is 0.759. The molecule has 0 aromatic heterocycles. The van der Waals surface area contributed by atoms with Crippen LogP contribution < -0.4 is 15.4 Å². The summed E-state index contributed by atoms with van der Waals surface area (Å²) in [6.45, 7) is 3.04.